The van der Waals surface area contributed by atoms with Crippen LogP contribution in [0.25, 0.3) is 0 Å². The minimum Gasteiger partial charge on any atom is -0.370 e. The summed E-state index contributed by atoms with van der Waals surface area (Å²) in [5, 5.41) is 3.43. The van der Waals surface area contributed by atoms with E-state index in [4.69, 9.17) is 0 Å². The molecule has 4 nitrogen and oxygen atoms in total. The van der Waals surface area contributed by atoms with Crippen LogP contribution in [-0.4, -0.2) is 41.0 Å². The molecule has 0 amide bonds. The topological polar surface area (TPSA) is 41.1 Å². The van der Waals surface area contributed by atoms with Crippen molar-refractivity contribution in [2.75, 3.05) is 31.5 Å². The Balaban J connectivity index is 1.82. The molecule has 5 heteroatoms. The summed E-state index contributed by atoms with van der Waals surface area (Å²) in [6, 6.07) is 1.95. The number of likely N-dealkylation sites (tertiary alicyclic amines) is 1. The van der Waals surface area contributed by atoms with E-state index in [0.29, 0.717) is 5.92 Å². The average Bonchev–Trinajstić information content (AvgIpc) is 2.88. The van der Waals surface area contributed by atoms with Crippen LogP contribution in [0.5, 0.6) is 0 Å². The van der Waals surface area contributed by atoms with Crippen LogP contribution in [0.15, 0.2) is 10.7 Å². The smallest absolute Gasteiger partial charge is 0.131 e. The number of hydrogen-bond acceptors (Lipinski definition) is 4. The average molecular weight is 327 g/mol. The second-order valence-corrected chi connectivity index (χ2v) is 6.15. The zero-order chi connectivity index (χ0) is 13.7. The van der Waals surface area contributed by atoms with Crippen molar-refractivity contribution < 1.29 is 0 Å². The SMILES string of the molecule is CCc1nc(Br)cc(NCC(C)CN2CCCC2)n1. The predicted octanol–water partition coefficient (Wildman–Crippen LogP) is 2.95. The number of hydrogen-bond donors (Lipinski definition) is 1. The number of halogens is 1. The molecular weight excluding hydrogens is 304 g/mol. The zero-order valence-corrected chi connectivity index (χ0v) is 13.4. The lowest BCUT2D eigenvalue weighted by Gasteiger charge is -2.20. The summed E-state index contributed by atoms with van der Waals surface area (Å²) in [5.74, 6) is 2.44. The van der Waals surface area contributed by atoms with E-state index >= 15 is 0 Å². The molecule has 2 heterocycles. The van der Waals surface area contributed by atoms with Gasteiger partial charge in [0.2, 0.25) is 0 Å². The van der Waals surface area contributed by atoms with E-state index in [9.17, 15) is 0 Å². The standard InChI is InChI=1S/C14H23BrN4/c1-3-13-17-12(15)8-14(18-13)16-9-11(2)10-19-6-4-5-7-19/h8,11H,3-7,9-10H2,1-2H3,(H,16,17,18). The van der Waals surface area contributed by atoms with Gasteiger partial charge in [0.15, 0.2) is 0 Å². The highest BCUT2D eigenvalue weighted by atomic mass is 79.9. The van der Waals surface area contributed by atoms with Gasteiger partial charge in [-0.3, -0.25) is 0 Å². The largest absolute Gasteiger partial charge is 0.370 e. The van der Waals surface area contributed by atoms with Crippen LogP contribution < -0.4 is 5.32 Å². The highest BCUT2D eigenvalue weighted by molar-refractivity contribution is 9.10. The number of nitrogens with zero attached hydrogens (tertiary/aromatic N) is 3. The number of rotatable bonds is 6. The third kappa shape index (κ3) is 4.73. The van der Waals surface area contributed by atoms with Crippen LogP contribution >= 0.6 is 15.9 Å². The molecule has 0 bridgehead atoms. The van der Waals surface area contributed by atoms with Crippen molar-refractivity contribution in [3.05, 3.63) is 16.5 Å². The molecule has 1 atom stereocenters. The molecule has 0 aromatic carbocycles. The lowest BCUT2D eigenvalue weighted by atomic mass is 10.1. The van der Waals surface area contributed by atoms with Crippen LogP contribution in [0.3, 0.4) is 0 Å². The fraction of sp³-hybridized carbons (Fsp3) is 0.714. The van der Waals surface area contributed by atoms with Gasteiger partial charge >= 0.3 is 0 Å². The molecule has 1 aromatic rings. The maximum Gasteiger partial charge on any atom is 0.131 e. The Labute approximate surface area is 124 Å². The first kappa shape index (κ1) is 14.7. The van der Waals surface area contributed by atoms with E-state index in [1.165, 1.54) is 32.5 Å². The summed E-state index contributed by atoms with van der Waals surface area (Å²) in [5.41, 5.74) is 0. The number of aryl methyl sites for hydroxylation is 1. The highest BCUT2D eigenvalue weighted by Gasteiger charge is 2.14. The fourth-order valence-corrected chi connectivity index (χ4v) is 2.88. The lowest BCUT2D eigenvalue weighted by Crippen LogP contribution is -2.29. The Kier molecular flexibility index (Phi) is 5.58. The molecule has 0 spiro atoms. The second kappa shape index (κ2) is 7.20. The molecule has 106 valence electrons. The summed E-state index contributed by atoms with van der Waals surface area (Å²) in [6.45, 7) is 9.04. The van der Waals surface area contributed by atoms with Gasteiger partial charge in [0.1, 0.15) is 16.2 Å². The van der Waals surface area contributed by atoms with Crippen molar-refractivity contribution >= 4 is 21.7 Å². The quantitative estimate of drug-likeness (QED) is 0.816. The van der Waals surface area contributed by atoms with E-state index in [0.717, 1.165) is 29.2 Å². The van der Waals surface area contributed by atoms with Crippen LogP contribution in [0, 0.1) is 5.92 Å². The lowest BCUT2D eigenvalue weighted by molar-refractivity contribution is 0.294. The predicted molar refractivity (Wildman–Crippen MR) is 82.4 cm³/mol. The molecule has 0 radical (unpaired) electrons. The van der Waals surface area contributed by atoms with Crippen molar-refractivity contribution in [3.8, 4) is 0 Å². The third-order valence-corrected chi connectivity index (χ3v) is 3.86. The number of nitrogens with one attached hydrogen (secondary N) is 1. The monoisotopic (exact) mass is 326 g/mol. The van der Waals surface area contributed by atoms with E-state index in [1.807, 2.05) is 6.07 Å². The molecule has 2 rings (SSSR count). The van der Waals surface area contributed by atoms with Gasteiger partial charge in [-0.15, -0.1) is 0 Å². The maximum atomic E-state index is 4.49. The summed E-state index contributed by atoms with van der Waals surface area (Å²) < 4.78 is 0.856. The zero-order valence-electron chi connectivity index (χ0n) is 11.8. The first-order chi connectivity index (χ1) is 9.17. The normalized spacial score (nSPS) is 17.6. The van der Waals surface area contributed by atoms with Gasteiger partial charge in [-0.05, 0) is 47.8 Å². The second-order valence-electron chi connectivity index (χ2n) is 5.34. The molecular formula is C14H23BrN4. The first-order valence-corrected chi connectivity index (χ1v) is 7.96. The third-order valence-electron chi connectivity index (χ3n) is 3.46. The van der Waals surface area contributed by atoms with Gasteiger partial charge in [0.25, 0.3) is 0 Å². The minimum atomic E-state index is 0.636. The molecule has 1 aliphatic heterocycles. The van der Waals surface area contributed by atoms with Crippen molar-refractivity contribution in [1.29, 1.82) is 0 Å². The number of aromatic nitrogens is 2. The van der Waals surface area contributed by atoms with Gasteiger partial charge < -0.3 is 10.2 Å². The van der Waals surface area contributed by atoms with Gasteiger partial charge in [0, 0.05) is 25.6 Å². The highest BCUT2D eigenvalue weighted by Crippen LogP contribution is 2.14. The Morgan fingerprint density at radius 3 is 2.79 bits per heavy atom. The molecule has 0 aliphatic carbocycles. The van der Waals surface area contributed by atoms with Crippen LogP contribution in [0.1, 0.15) is 32.5 Å². The van der Waals surface area contributed by atoms with E-state index in [-0.39, 0.29) is 0 Å². The van der Waals surface area contributed by atoms with Crippen LogP contribution in [0.4, 0.5) is 5.82 Å². The van der Waals surface area contributed by atoms with Gasteiger partial charge in [-0.2, -0.15) is 0 Å². The fourth-order valence-electron chi connectivity index (χ4n) is 2.46. The van der Waals surface area contributed by atoms with E-state index in [1.54, 1.807) is 0 Å². The molecule has 1 unspecified atom stereocenters. The summed E-state index contributed by atoms with van der Waals surface area (Å²) in [7, 11) is 0. The van der Waals surface area contributed by atoms with Gasteiger partial charge in [-0.25, -0.2) is 9.97 Å². The molecule has 1 saturated heterocycles. The molecule has 1 fully saturated rings. The van der Waals surface area contributed by atoms with Gasteiger partial charge in [0.05, 0.1) is 0 Å². The summed E-state index contributed by atoms with van der Waals surface area (Å²) in [4.78, 5) is 11.4. The van der Waals surface area contributed by atoms with E-state index in [2.05, 4.69) is 50.0 Å². The Hall–Kier alpha value is -0.680. The Morgan fingerprint density at radius 2 is 2.11 bits per heavy atom. The Bertz CT molecular complexity index is 404. The molecule has 19 heavy (non-hydrogen) atoms. The van der Waals surface area contributed by atoms with Crippen LogP contribution in [0.2, 0.25) is 0 Å². The molecule has 1 aliphatic rings. The van der Waals surface area contributed by atoms with Crippen LogP contribution in [-0.2, 0) is 6.42 Å². The molecule has 1 aromatic heterocycles. The van der Waals surface area contributed by atoms with Crippen molar-refractivity contribution in [3.63, 3.8) is 0 Å². The summed E-state index contributed by atoms with van der Waals surface area (Å²) in [6.07, 6.45) is 3.58. The van der Waals surface area contributed by atoms with Crippen molar-refractivity contribution in [2.24, 2.45) is 5.92 Å². The van der Waals surface area contributed by atoms with Gasteiger partial charge in [-0.1, -0.05) is 13.8 Å². The first-order valence-electron chi connectivity index (χ1n) is 7.17. The summed E-state index contributed by atoms with van der Waals surface area (Å²) >= 11 is 3.43. The minimum absolute atomic E-state index is 0.636. The Morgan fingerprint density at radius 1 is 1.37 bits per heavy atom. The van der Waals surface area contributed by atoms with Crippen molar-refractivity contribution in [1.82, 2.24) is 14.9 Å². The van der Waals surface area contributed by atoms with E-state index < -0.39 is 0 Å². The number of anilines is 1. The molecule has 0 saturated carbocycles. The van der Waals surface area contributed by atoms with Crippen molar-refractivity contribution in [2.45, 2.75) is 33.1 Å². The maximum absolute atomic E-state index is 4.49. The molecule has 1 N–H and O–H groups in total.